The summed E-state index contributed by atoms with van der Waals surface area (Å²) in [6.45, 7) is 4.59. The lowest BCUT2D eigenvalue weighted by atomic mass is 9.95. The molecule has 20 heavy (non-hydrogen) atoms. The van der Waals surface area contributed by atoms with Crippen molar-refractivity contribution >= 4 is 27.5 Å². The summed E-state index contributed by atoms with van der Waals surface area (Å²) in [6, 6.07) is 11.4. The molecule has 0 amide bonds. The van der Waals surface area contributed by atoms with Crippen molar-refractivity contribution in [1.82, 2.24) is 0 Å². The van der Waals surface area contributed by atoms with Gasteiger partial charge in [0, 0.05) is 15.1 Å². The van der Waals surface area contributed by atoms with Gasteiger partial charge in [0.25, 0.3) is 0 Å². The molecule has 0 radical (unpaired) electrons. The molecule has 2 N–H and O–H groups in total. The van der Waals surface area contributed by atoms with Crippen molar-refractivity contribution in [2.45, 2.75) is 19.9 Å². The first-order valence-corrected chi connectivity index (χ1v) is 7.64. The third kappa shape index (κ3) is 3.35. The quantitative estimate of drug-likeness (QED) is 0.851. The third-order valence-electron chi connectivity index (χ3n) is 3.17. The Morgan fingerprint density at radius 3 is 2.60 bits per heavy atom. The van der Waals surface area contributed by atoms with Gasteiger partial charge < -0.3 is 10.5 Å². The molecule has 1 unspecified atom stereocenters. The van der Waals surface area contributed by atoms with Crippen molar-refractivity contribution in [1.29, 1.82) is 0 Å². The van der Waals surface area contributed by atoms with Gasteiger partial charge in [-0.1, -0.05) is 33.6 Å². The average molecular weight is 355 g/mol. The van der Waals surface area contributed by atoms with Gasteiger partial charge in [-0.05, 0) is 55.3 Å². The second-order valence-corrected chi connectivity index (χ2v) is 5.95. The second-order valence-electron chi connectivity index (χ2n) is 4.59. The SMILES string of the molecule is CCOc1ccc(Br)cc1C(N)c1ccc(Cl)cc1C. The Bertz CT molecular complexity index is 615. The number of benzene rings is 2. The fraction of sp³-hybridized carbons (Fsp3) is 0.250. The lowest BCUT2D eigenvalue weighted by molar-refractivity contribution is 0.335. The van der Waals surface area contributed by atoms with E-state index in [0.717, 1.165) is 31.9 Å². The van der Waals surface area contributed by atoms with Gasteiger partial charge in [-0.3, -0.25) is 0 Å². The van der Waals surface area contributed by atoms with E-state index in [1.54, 1.807) is 0 Å². The molecule has 2 aromatic rings. The molecule has 0 spiro atoms. The summed E-state index contributed by atoms with van der Waals surface area (Å²) in [5.74, 6) is 0.817. The number of aryl methyl sites for hydroxylation is 1. The average Bonchev–Trinajstić information content (AvgIpc) is 2.40. The minimum absolute atomic E-state index is 0.244. The van der Waals surface area contributed by atoms with E-state index in [2.05, 4.69) is 15.9 Å². The molecule has 106 valence electrons. The van der Waals surface area contributed by atoms with E-state index in [1.165, 1.54) is 0 Å². The highest BCUT2D eigenvalue weighted by Crippen LogP contribution is 2.33. The van der Waals surface area contributed by atoms with Crippen molar-refractivity contribution in [3.05, 3.63) is 62.6 Å². The van der Waals surface area contributed by atoms with Gasteiger partial charge in [0.1, 0.15) is 5.75 Å². The zero-order valence-electron chi connectivity index (χ0n) is 11.5. The summed E-state index contributed by atoms with van der Waals surface area (Å²) < 4.78 is 6.66. The largest absolute Gasteiger partial charge is 0.494 e. The zero-order chi connectivity index (χ0) is 14.7. The van der Waals surface area contributed by atoms with Crippen molar-refractivity contribution in [3.63, 3.8) is 0 Å². The minimum atomic E-state index is -0.244. The Kier molecular flexibility index (Phi) is 5.08. The molecular formula is C16H17BrClNO. The van der Waals surface area contributed by atoms with Crippen LogP contribution in [0.2, 0.25) is 5.02 Å². The maximum Gasteiger partial charge on any atom is 0.124 e. The molecule has 0 aliphatic heterocycles. The van der Waals surface area contributed by atoms with Crippen LogP contribution in [-0.2, 0) is 0 Å². The van der Waals surface area contributed by atoms with E-state index in [4.69, 9.17) is 22.1 Å². The van der Waals surface area contributed by atoms with E-state index < -0.39 is 0 Å². The van der Waals surface area contributed by atoms with Gasteiger partial charge in [-0.25, -0.2) is 0 Å². The normalized spacial score (nSPS) is 12.2. The van der Waals surface area contributed by atoms with Crippen LogP contribution in [0.5, 0.6) is 5.75 Å². The molecule has 2 aromatic carbocycles. The third-order valence-corrected chi connectivity index (χ3v) is 3.90. The van der Waals surface area contributed by atoms with Crippen LogP contribution in [0.25, 0.3) is 0 Å². The summed E-state index contributed by atoms with van der Waals surface area (Å²) in [6.07, 6.45) is 0. The Morgan fingerprint density at radius 1 is 1.20 bits per heavy atom. The molecule has 2 rings (SSSR count). The van der Waals surface area contributed by atoms with Crippen LogP contribution in [0.15, 0.2) is 40.9 Å². The maximum absolute atomic E-state index is 6.42. The summed E-state index contributed by atoms with van der Waals surface area (Å²) in [5.41, 5.74) is 9.51. The van der Waals surface area contributed by atoms with E-state index in [1.807, 2.05) is 50.2 Å². The van der Waals surface area contributed by atoms with E-state index in [9.17, 15) is 0 Å². The lowest BCUT2D eigenvalue weighted by Gasteiger charge is -2.19. The molecule has 2 nitrogen and oxygen atoms in total. The van der Waals surface area contributed by atoms with Crippen LogP contribution >= 0.6 is 27.5 Å². The summed E-state index contributed by atoms with van der Waals surface area (Å²) >= 11 is 9.49. The van der Waals surface area contributed by atoms with Crippen LogP contribution in [0.3, 0.4) is 0 Å². The van der Waals surface area contributed by atoms with Crippen LogP contribution < -0.4 is 10.5 Å². The highest BCUT2D eigenvalue weighted by atomic mass is 79.9. The van der Waals surface area contributed by atoms with E-state index in [0.29, 0.717) is 6.61 Å². The Hall–Kier alpha value is -1.03. The van der Waals surface area contributed by atoms with Crippen molar-refractivity contribution in [2.24, 2.45) is 5.73 Å². The first-order chi connectivity index (χ1) is 9.52. The van der Waals surface area contributed by atoms with E-state index >= 15 is 0 Å². The van der Waals surface area contributed by atoms with Crippen LogP contribution in [-0.4, -0.2) is 6.61 Å². The minimum Gasteiger partial charge on any atom is -0.494 e. The maximum atomic E-state index is 6.42. The molecule has 0 fully saturated rings. The van der Waals surface area contributed by atoms with Gasteiger partial charge in [0.05, 0.1) is 12.6 Å². The first-order valence-electron chi connectivity index (χ1n) is 6.46. The second kappa shape index (κ2) is 6.61. The van der Waals surface area contributed by atoms with Gasteiger partial charge in [0.2, 0.25) is 0 Å². The smallest absolute Gasteiger partial charge is 0.124 e. The number of nitrogens with two attached hydrogens (primary N) is 1. The van der Waals surface area contributed by atoms with Crippen LogP contribution in [0.1, 0.15) is 29.7 Å². The summed E-state index contributed by atoms with van der Waals surface area (Å²) in [5, 5.41) is 0.720. The van der Waals surface area contributed by atoms with Crippen molar-refractivity contribution in [3.8, 4) is 5.75 Å². The summed E-state index contributed by atoms with van der Waals surface area (Å²) in [4.78, 5) is 0. The molecule has 0 bridgehead atoms. The predicted molar refractivity (Wildman–Crippen MR) is 87.5 cm³/mol. The van der Waals surface area contributed by atoms with Gasteiger partial charge in [0.15, 0.2) is 0 Å². The molecule has 0 aromatic heterocycles. The number of rotatable bonds is 4. The fourth-order valence-electron chi connectivity index (χ4n) is 2.20. The van der Waals surface area contributed by atoms with Crippen LogP contribution in [0.4, 0.5) is 0 Å². The zero-order valence-corrected chi connectivity index (χ0v) is 13.8. The Labute approximate surface area is 133 Å². The molecule has 0 saturated heterocycles. The number of hydrogen-bond donors (Lipinski definition) is 1. The standard InChI is InChI=1S/C16H17BrClNO/c1-3-20-15-7-4-11(17)9-14(15)16(19)13-6-5-12(18)8-10(13)2/h4-9,16H,3,19H2,1-2H3. The number of ether oxygens (including phenoxy) is 1. The summed E-state index contributed by atoms with van der Waals surface area (Å²) in [7, 11) is 0. The molecule has 4 heteroatoms. The van der Waals surface area contributed by atoms with Crippen molar-refractivity contribution < 1.29 is 4.74 Å². The first kappa shape index (κ1) is 15.4. The molecule has 0 aliphatic rings. The molecule has 0 saturated carbocycles. The molecule has 0 heterocycles. The van der Waals surface area contributed by atoms with E-state index in [-0.39, 0.29) is 6.04 Å². The number of hydrogen-bond acceptors (Lipinski definition) is 2. The van der Waals surface area contributed by atoms with Gasteiger partial charge in [-0.15, -0.1) is 0 Å². The fourth-order valence-corrected chi connectivity index (χ4v) is 2.81. The highest BCUT2D eigenvalue weighted by molar-refractivity contribution is 9.10. The highest BCUT2D eigenvalue weighted by Gasteiger charge is 2.16. The van der Waals surface area contributed by atoms with Gasteiger partial charge in [-0.2, -0.15) is 0 Å². The topological polar surface area (TPSA) is 35.2 Å². The van der Waals surface area contributed by atoms with Gasteiger partial charge >= 0.3 is 0 Å². The van der Waals surface area contributed by atoms with Crippen LogP contribution in [0, 0.1) is 6.92 Å². The molecule has 0 aliphatic carbocycles. The Balaban J connectivity index is 2.46. The predicted octanol–water partition coefficient (Wildman–Crippen LogP) is 4.86. The lowest BCUT2D eigenvalue weighted by Crippen LogP contribution is -2.15. The number of halogens is 2. The van der Waals surface area contributed by atoms with Crippen molar-refractivity contribution in [2.75, 3.05) is 6.61 Å². The molecule has 1 atom stereocenters. The monoisotopic (exact) mass is 353 g/mol. The Morgan fingerprint density at radius 2 is 1.95 bits per heavy atom. The molecular weight excluding hydrogens is 338 g/mol.